The second-order valence-corrected chi connectivity index (χ2v) is 20.9. The van der Waals surface area contributed by atoms with E-state index in [1.54, 1.807) is 0 Å². The fourth-order valence-electron chi connectivity index (χ4n) is 14.6. The Hall–Kier alpha value is -8.52. The second kappa shape index (κ2) is 15.0. The monoisotopic (exact) mass is 915 g/mol. The first-order chi connectivity index (χ1) is 35.7. The van der Waals surface area contributed by atoms with Gasteiger partial charge in [-0.3, -0.25) is 0 Å². The van der Waals surface area contributed by atoms with Crippen molar-refractivity contribution in [1.82, 2.24) is 0 Å². The van der Waals surface area contributed by atoms with Gasteiger partial charge in [0.1, 0.15) is 0 Å². The van der Waals surface area contributed by atoms with Crippen molar-refractivity contribution in [2.45, 2.75) is 42.9 Å². The van der Waals surface area contributed by atoms with Gasteiger partial charge in [0.05, 0.1) is 11.1 Å². The van der Waals surface area contributed by atoms with E-state index in [1.807, 2.05) is 0 Å². The molecule has 4 aliphatic rings. The molecule has 0 aliphatic heterocycles. The van der Waals surface area contributed by atoms with Gasteiger partial charge in [-0.1, -0.05) is 213 Å². The van der Waals surface area contributed by atoms with Gasteiger partial charge < -0.3 is 4.90 Å². The highest BCUT2D eigenvalue weighted by molar-refractivity contribution is 6.26. The summed E-state index contributed by atoms with van der Waals surface area (Å²) in [5, 5.41) is 10.2. The molecule has 72 heavy (non-hydrogen) atoms. The van der Waals surface area contributed by atoms with Gasteiger partial charge in [0.15, 0.2) is 0 Å². The van der Waals surface area contributed by atoms with Crippen LogP contribution in [0, 0.1) is 0 Å². The number of anilines is 3. The zero-order valence-electron chi connectivity index (χ0n) is 40.0. The quantitative estimate of drug-likeness (QED) is 0.159. The summed E-state index contributed by atoms with van der Waals surface area (Å²) in [6, 6.07) is 90.9. The molecule has 12 aromatic rings. The Balaban J connectivity index is 1.05. The van der Waals surface area contributed by atoms with Crippen LogP contribution in [0.2, 0.25) is 0 Å². The molecule has 0 aromatic heterocycles. The van der Waals surface area contributed by atoms with Crippen LogP contribution in [-0.2, 0) is 10.8 Å². The summed E-state index contributed by atoms with van der Waals surface area (Å²) in [4.78, 5) is 2.65. The summed E-state index contributed by atoms with van der Waals surface area (Å²) in [5.41, 5.74) is 21.8. The van der Waals surface area contributed by atoms with E-state index < -0.39 is 5.41 Å². The van der Waals surface area contributed by atoms with E-state index in [9.17, 15) is 0 Å². The van der Waals surface area contributed by atoms with Crippen LogP contribution < -0.4 is 4.90 Å². The van der Waals surface area contributed by atoms with Gasteiger partial charge in [0.2, 0.25) is 0 Å². The lowest BCUT2D eigenvalue weighted by Crippen LogP contribution is -2.28. The second-order valence-electron chi connectivity index (χ2n) is 20.9. The average Bonchev–Trinajstić information content (AvgIpc) is 4.02. The van der Waals surface area contributed by atoms with Crippen LogP contribution in [0.25, 0.3) is 87.6 Å². The van der Waals surface area contributed by atoms with E-state index in [0.29, 0.717) is 0 Å². The van der Waals surface area contributed by atoms with Crippen molar-refractivity contribution < 1.29 is 0 Å². The van der Waals surface area contributed by atoms with Crippen molar-refractivity contribution in [2.24, 2.45) is 0 Å². The van der Waals surface area contributed by atoms with Gasteiger partial charge in [-0.25, -0.2) is 0 Å². The zero-order valence-corrected chi connectivity index (χ0v) is 40.0. The Morgan fingerprint density at radius 3 is 1.42 bits per heavy atom. The Kier molecular flexibility index (Phi) is 8.38. The van der Waals surface area contributed by atoms with Gasteiger partial charge in [-0.2, -0.15) is 0 Å². The van der Waals surface area contributed by atoms with Crippen molar-refractivity contribution in [3.8, 4) is 44.5 Å². The Morgan fingerprint density at radius 2 is 0.764 bits per heavy atom. The van der Waals surface area contributed by atoms with E-state index in [2.05, 4.69) is 241 Å². The Morgan fingerprint density at radius 1 is 0.278 bits per heavy atom. The highest BCUT2D eigenvalue weighted by Gasteiger charge is 2.52. The van der Waals surface area contributed by atoms with Gasteiger partial charge in [0.25, 0.3) is 0 Å². The smallest absolute Gasteiger partial charge is 0.0726 e. The van der Waals surface area contributed by atoms with Crippen molar-refractivity contribution in [3.05, 3.63) is 270 Å². The summed E-state index contributed by atoms with van der Waals surface area (Å²) in [6.45, 7) is 0. The molecule has 0 radical (unpaired) electrons. The van der Waals surface area contributed by atoms with Crippen molar-refractivity contribution in [1.29, 1.82) is 0 Å². The highest BCUT2D eigenvalue weighted by atomic mass is 15.1. The van der Waals surface area contributed by atoms with E-state index >= 15 is 0 Å². The van der Waals surface area contributed by atoms with Crippen LogP contribution in [0.5, 0.6) is 0 Å². The normalized spacial score (nSPS) is 15.2. The highest BCUT2D eigenvalue weighted by Crippen LogP contribution is 2.65. The van der Waals surface area contributed by atoms with Crippen molar-refractivity contribution in [3.63, 3.8) is 0 Å². The fraction of sp³-hybridized carbons (Fsp3) is 0.0986. The minimum Gasteiger partial charge on any atom is -0.310 e. The summed E-state index contributed by atoms with van der Waals surface area (Å²) >= 11 is 0. The molecule has 0 N–H and O–H groups in total. The van der Waals surface area contributed by atoms with Crippen LogP contribution in [0.1, 0.15) is 65.5 Å². The molecular weight excluding hydrogens is 867 g/mol. The maximum atomic E-state index is 2.65. The minimum absolute atomic E-state index is 0.00750. The molecule has 0 amide bonds. The predicted octanol–water partition coefficient (Wildman–Crippen LogP) is 19.0. The third kappa shape index (κ3) is 5.33. The van der Waals surface area contributed by atoms with Crippen LogP contribution >= 0.6 is 0 Å². The van der Waals surface area contributed by atoms with Gasteiger partial charge >= 0.3 is 0 Å². The number of fused-ring (bicyclic) bond motifs is 22. The molecular formula is C71H49N. The third-order valence-corrected chi connectivity index (χ3v) is 17.6. The molecule has 0 heterocycles. The zero-order chi connectivity index (χ0) is 47.1. The predicted molar refractivity (Wildman–Crippen MR) is 302 cm³/mol. The third-order valence-electron chi connectivity index (χ3n) is 17.6. The number of nitrogens with zero attached hydrogens (tertiary/aromatic N) is 1. The van der Waals surface area contributed by atoms with Gasteiger partial charge in [0, 0.05) is 22.4 Å². The summed E-state index contributed by atoms with van der Waals surface area (Å²) in [7, 11) is 0. The van der Waals surface area contributed by atoms with Gasteiger partial charge in [-0.15, -0.1) is 0 Å². The van der Waals surface area contributed by atoms with E-state index in [-0.39, 0.29) is 5.41 Å². The van der Waals surface area contributed by atoms with E-state index in [4.69, 9.17) is 0 Å². The molecule has 4 aliphatic carbocycles. The lowest BCUT2D eigenvalue weighted by molar-refractivity contribution is 0.353. The summed E-state index contributed by atoms with van der Waals surface area (Å²) in [6.07, 6.45) is 6.14. The molecule has 0 saturated heterocycles. The van der Waals surface area contributed by atoms with Crippen LogP contribution in [-0.4, -0.2) is 0 Å². The average molecular weight is 916 g/mol. The molecule has 2 spiro atoms. The fourth-order valence-corrected chi connectivity index (χ4v) is 14.6. The Labute approximate surface area is 420 Å². The maximum Gasteiger partial charge on any atom is 0.0726 e. The van der Waals surface area contributed by atoms with Crippen LogP contribution in [0.3, 0.4) is 0 Å². The summed E-state index contributed by atoms with van der Waals surface area (Å²) < 4.78 is 0. The number of rotatable bonds is 4. The van der Waals surface area contributed by atoms with Crippen LogP contribution in [0.15, 0.2) is 237 Å². The van der Waals surface area contributed by atoms with Crippen molar-refractivity contribution >= 4 is 60.2 Å². The first kappa shape index (κ1) is 40.2. The molecule has 1 heteroatoms. The molecule has 12 aromatic carbocycles. The molecule has 0 bridgehead atoms. The standard InChI is InChI=1S/C71H49N/c1-16-38-70(39-17-1)63-28-12-8-24-55(63)59-37-35-49(42-67(59)70)72(48-34-36-54-52-22-5-4-20-50(52)51-21-6-7-23-53(51)61(54)41-48)69-44-68-62(43-60(69)47-33-32-45-18-2-3-19-46(45)40-47)58-27-11-15-31-66(58)71(68)64-29-13-9-25-56(64)57-26-10-14-30-65(57)71/h2-15,18-37,40-44H,1,16-17,38-39H2. The molecule has 0 unspecified atom stereocenters. The number of benzene rings is 12. The van der Waals surface area contributed by atoms with Crippen LogP contribution in [0.4, 0.5) is 17.1 Å². The van der Waals surface area contributed by atoms with E-state index in [0.717, 1.165) is 5.69 Å². The maximum absolute atomic E-state index is 2.65. The minimum atomic E-state index is -0.508. The lowest BCUT2D eigenvalue weighted by Gasteiger charge is -2.37. The molecule has 1 fully saturated rings. The number of hydrogen-bond donors (Lipinski definition) is 0. The largest absolute Gasteiger partial charge is 0.310 e. The number of hydrogen-bond acceptors (Lipinski definition) is 1. The summed E-state index contributed by atoms with van der Waals surface area (Å²) in [5.74, 6) is 0. The topological polar surface area (TPSA) is 3.24 Å². The molecule has 0 atom stereocenters. The lowest BCUT2D eigenvalue weighted by atomic mass is 9.68. The molecule has 1 nitrogen and oxygen atoms in total. The molecule has 1 saturated carbocycles. The van der Waals surface area contributed by atoms with Crippen molar-refractivity contribution in [2.75, 3.05) is 4.90 Å². The SMILES string of the molecule is c1ccc2c(c1)-c1ccc(N(c3ccc4c5ccccc5c5ccccc5c4c3)c3cc4c(cc3-c3ccc5ccccc5c3)-c3ccccc3C43c4ccccc4-c4ccccc43)cc1C21CCCCC1. The molecule has 16 rings (SSSR count). The Bertz CT molecular complexity index is 4200. The first-order valence-electron chi connectivity index (χ1n) is 26.0. The van der Waals surface area contributed by atoms with E-state index in [1.165, 1.54) is 164 Å². The molecule has 338 valence electrons. The van der Waals surface area contributed by atoms with Gasteiger partial charge in [-0.05, 0) is 171 Å². The first-order valence-corrected chi connectivity index (χ1v) is 26.0.